The molecular weight excluding hydrogens is 298 g/mol. The fraction of sp³-hybridized carbons (Fsp3) is 0.364. The largest absolute Gasteiger partial charge is 0.502 e. The van der Waals surface area contributed by atoms with Crippen molar-refractivity contribution in [3.05, 3.63) is 28.2 Å². The van der Waals surface area contributed by atoms with Gasteiger partial charge in [0.2, 0.25) is 0 Å². The summed E-state index contributed by atoms with van der Waals surface area (Å²) in [6.07, 6.45) is -3.98. The monoisotopic (exact) mass is 308 g/mol. The summed E-state index contributed by atoms with van der Waals surface area (Å²) in [5, 5.41) is 0. The minimum Gasteiger partial charge on any atom is -0.459 e. The van der Waals surface area contributed by atoms with Crippen molar-refractivity contribution in [2.45, 2.75) is 20.0 Å². The molecule has 0 N–H and O–H groups in total. The van der Waals surface area contributed by atoms with Crippen molar-refractivity contribution in [2.75, 3.05) is 6.61 Å². The van der Waals surface area contributed by atoms with Crippen LogP contribution in [0.5, 0.6) is 5.75 Å². The Kier molecular flexibility index (Phi) is 4.45. The van der Waals surface area contributed by atoms with E-state index in [9.17, 15) is 13.6 Å². The minimum absolute atomic E-state index is 0.0637. The molecule has 0 unspecified atom stereocenters. The van der Waals surface area contributed by atoms with Crippen LogP contribution < -0.4 is 4.74 Å². The molecule has 1 aromatic carbocycles. The second-order valence-electron chi connectivity index (χ2n) is 3.25. The normalized spacial score (nSPS) is 11.1. The van der Waals surface area contributed by atoms with Gasteiger partial charge in [0.1, 0.15) is 5.75 Å². The summed E-state index contributed by atoms with van der Waals surface area (Å²) >= 11 is 3.20. The van der Waals surface area contributed by atoms with Crippen molar-refractivity contribution < 1.29 is 23.0 Å². The van der Waals surface area contributed by atoms with Gasteiger partial charge in [-0.05, 0) is 37.6 Å². The Labute approximate surface area is 106 Å². The molecule has 0 radical (unpaired) electrons. The van der Waals surface area contributed by atoms with Gasteiger partial charge in [0.15, 0.2) is 0 Å². The van der Waals surface area contributed by atoms with Crippen LogP contribution in [-0.2, 0) is 9.53 Å². The summed E-state index contributed by atoms with van der Waals surface area (Å²) in [7, 11) is 0. The van der Waals surface area contributed by atoms with E-state index in [0.29, 0.717) is 5.56 Å². The number of aryl methyl sites for hydroxylation is 1. The SMILES string of the molecule is CCOC(=O)C(F)(F)Oc1ccc(Br)cc1C. The number of rotatable bonds is 4. The number of carbonyl (C=O) groups excluding carboxylic acids is 1. The number of alkyl halides is 2. The van der Waals surface area contributed by atoms with Crippen LogP contribution in [0.1, 0.15) is 12.5 Å². The Hall–Kier alpha value is -1.17. The minimum atomic E-state index is -3.98. The first-order valence-corrected chi connectivity index (χ1v) is 5.66. The maximum absolute atomic E-state index is 13.3. The lowest BCUT2D eigenvalue weighted by Crippen LogP contribution is -2.37. The van der Waals surface area contributed by atoms with Gasteiger partial charge >= 0.3 is 12.1 Å². The number of halogens is 3. The molecule has 17 heavy (non-hydrogen) atoms. The number of hydrogen-bond donors (Lipinski definition) is 0. The number of esters is 1. The van der Waals surface area contributed by atoms with Crippen LogP contribution in [0, 0.1) is 6.92 Å². The summed E-state index contributed by atoms with van der Waals surface area (Å²) in [6.45, 7) is 2.91. The first-order valence-electron chi connectivity index (χ1n) is 4.87. The molecule has 1 rings (SSSR count). The third kappa shape index (κ3) is 3.66. The summed E-state index contributed by atoms with van der Waals surface area (Å²) in [6, 6.07) is 4.51. The first-order chi connectivity index (χ1) is 7.86. The quantitative estimate of drug-likeness (QED) is 0.801. The van der Waals surface area contributed by atoms with Crippen molar-refractivity contribution in [1.29, 1.82) is 0 Å². The second-order valence-corrected chi connectivity index (χ2v) is 4.16. The molecule has 0 aliphatic rings. The van der Waals surface area contributed by atoms with E-state index in [0.717, 1.165) is 4.47 Å². The van der Waals surface area contributed by atoms with E-state index < -0.39 is 12.1 Å². The predicted molar refractivity (Wildman–Crippen MR) is 61.1 cm³/mol. The topological polar surface area (TPSA) is 35.5 Å². The zero-order chi connectivity index (χ0) is 13.1. The molecular formula is C11H11BrF2O3. The molecule has 0 aromatic heterocycles. The third-order valence-corrected chi connectivity index (χ3v) is 2.38. The van der Waals surface area contributed by atoms with Gasteiger partial charge in [-0.1, -0.05) is 15.9 Å². The highest BCUT2D eigenvalue weighted by molar-refractivity contribution is 9.10. The van der Waals surface area contributed by atoms with Crippen LogP contribution >= 0.6 is 15.9 Å². The Morgan fingerprint density at radius 3 is 2.65 bits per heavy atom. The maximum Gasteiger partial charge on any atom is 0.502 e. The van der Waals surface area contributed by atoms with Crippen LogP contribution in [0.2, 0.25) is 0 Å². The van der Waals surface area contributed by atoms with Crippen molar-refractivity contribution in [2.24, 2.45) is 0 Å². The zero-order valence-electron chi connectivity index (χ0n) is 9.30. The van der Waals surface area contributed by atoms with E-state index in [2.05, 4.69) is 25.4 Å². The molecule has 3 nitrogen and oxygen atoms in total. The number of benzene rings is 1. The highest BCUT2D eigenvalue weighted by atomic mass is 79.9. The molecule has 0 amide bonds. The van der Waals surface area contributed by atoms with E-state index in [4.69, 9.17) is 0 Å². The molecule has 0 fully saturated rings. The average Bonchev–Trinajstić information content (AvgIpc) is 2.22. The first kappa shape index (κ1) is 13.9. The van der Waals surface area contributed by atoms with Crippen LogP contribution in [0.4, 0.5) is 8.78 Å². The van der Waals surface area contributed by atoms with E-state index in [1.54, 1.807) is 19.1 Å². The van der Waals surface area contributed by atoms with E-state index in [1.165, 1.54) is 13.0 Å². The third-order valence-electron chi connectivity index (χ3n) is 1.89. The van der Waals surface area contributed by atoms with Gasteiger partial charge in [-0.25, -0.2) is 4.79 Å². The van der Waals surface area contributed by atoms with Crippen LogP contribution in [0.25, 0.3) is 0 Å². The lowest BCUT2D eigenvalue weighted by molar-refractivity contribution is -0.216. The van der Waals surface area contributed by atoms with Crippen LogP contribution in [0.3, 0.4) is 0 Å². The van der Waals surface area contributed by atoms with Crippen molar-refractivity contribution in [1.82, 2.24) is 0 Å². The smallest absolute Gasteiger partial charge is 0.459 e. The maximum atomic E-state index is 13.3. The number of hydrogen-bond acceptors (Lipinski definition) is 3. The van der Waals surface area contributed by atoms with Crippen molar-refractivity contribution in [3.8, 4) is 5.75 Å². The highest BCUT2D eigenvalue weighted by Crippen LogP contribution is 2.28. The number of ether oxygens (including phenoxy) is 2. The molecule has 0 bridgehead atoms. The van der Waals surface area contributed by atoms with Gasteiger partial charge in [0.05, 0.1) is 6.61 Å². The Balaban J connectivity index is 2.86. The standard InChI is InChI=1S/C11H11BrF2O3/c1-3-16-10(15)11(13,14)17-9-5-4-8(12)6-7(9)2/h4-6H,3H2,1-2H3. The van der Waals surface area contributed by atoms with Crippen molar-refractivity contribution in [3.63, 3.8) is 0 Å². The number of carbonyl (C=O) groups is 1. The molecule has 1 aromatic rings. The Morgan fingerprint density at radius 2 is 2.12 bits per heavy atom. The Morgan fingerprint density at radius 1 is 1.47 bits per heavy atom. The Bertz CT molecular complexity index is 421. The zero-order valence-corrected chi connectivity index (χ0v) is 10.9. The van der Waals surface area contributed by atoms with E-state index in [1.807, 2.05) is 0 Å². The van der Waals surface area contributed by atoms with Crippen LogP contribution in [-0.4, -0.2) is 18.7 Å². The van der Waals surface area contributed by atoms with Gasteiger partial charge in [-0.3, -0.25) is 0 Å². The molecule has 6 heteroatoms. The molecule has 94 valence electrons. The van der Waals surface area contributed by atoms with Crippen molar-refractivity contribution >= 4 is 21.9 Å². The van der Waals surface area contributed by atoms with E-state index >= 15 is 0 Å². The van der Waals surface area contributed by atoms with Gasteiger partial charge in [0, 0.05) is 4.47 Å². The van der Waals surface area contributed by atoms with Gasteiger partial charge < -0.3 is 9.47 Å². The summed E-state index contributed by atoms with van der Waals surface area (Å²) in [5.74, 6) is -1.76. The molecule has 0 aliphatic heterocycles. The van der Waals surface area contributed by atoms with Crippen LogP contribution in [0.15, 0.2) is 22.7 Å². The average molecular weight is 309 g/mol. The summed E-state index contributed by atoms with van der Waals surface area (Å²) < 4.78 is 35.9. The molecule has 0 saturated heterocycles. The summed E-state index contributed by atoms with van der Waals surface area (Å²) in [4.78, 5) is 10.9. The second kappa shape index (κ2) is 5.44. The molecule has 0 spiro atoms. The van der Waals surface area contributed by atoms with E-state index in [-0.39, 0.29) is 12.4 Å². The molecule has 0 heterocycles. The molecule has 0 atom stereocenters. The predicted octanol–water partition coefficient (Wildman–Crippen LogP) is 3.29. The fourth-order valence-electron chi connectivity index (χ4n) is 1.12. The molecule has 0 aliphatic carbocycles. The lowest BCUT2D eigenvalue weighted by Gasteiger charge is -2.17. The fourth-order valence-corrected chi connectivity index (χ4v) is 1.60. The molecule has 0 saturated carbocycles. The van der Waals surface area contributed by atoms with Gasteiger partial charge in [0.25, 0.3) is 0 Å². The highest BCUT2D eigenvalue weighted by Gasteiger charge is 2.44. The van der Waals surface area contributed by atoms with Gasteiger partial charge in [-0.15, -0.1) is 0 Å². The lowest BCUT2D eigenvalue weighted by atomic mass is 10.2. The summed E-state index contributed by atoms with van der Waals surface area (Å²) in [5.41, 5.74) is 0.489. The van der Waals surface area contributed by atoms with Gasteiger partial charge in [-0.2, -0.15) is 8.78 Å².